The highest BCUT2D eigenvalue weighted by atomic mass is 79.9. The Morgan fingerprint density at radius 3 is 2.85 bits per heavy atom. The molecule has 1 saturated heterocycles. The van der Waals surface area contributed by atoms with Crippen molar-refractivity contribution in [2.24, 2.45) is 0 Å². The highest BCUT2D eigenvalue weighted by molar-refractivity contribution is 9.10. The average molecular weight is 337 g/mol. The summed E-state index contributed by atoms with van der Waals surface area (Å²) in [4.78, 5) is 0. The number of halogens is 1. The Balaban J connectivity index is 1.71. The van der Waals surface area contributed by atoms with Crippen LogP contribution in [0, 0.1) is 6.92 Å². The minimum Gasteiger partial charge on any atom is -0.377 e. The third-order valence-corrected chi connectivity index (χ3v) is 3.85. The maximum Gasteiger partial charge on any atom is 0.105 e. The summed E-state index contributed by atoms with van der Waals surface area (Å²) in [5.74, 6) is 0. The molecule has 0 radical (unpaired) electrons. The first-order valence-electron chi connectivity index (χ1n) is 6.65. The van der Waals surface area contributed by atoms with Crippen LogP contribution >= 0.6 is 15.9 Å². The van der Waals surface area contributed by atoms with E-state index in [0.717, 1.165) is 29.1 Å². The van der Waals surface area contributed by atoms with Gasteiger partial charge in [-0.1, -0.05) is 21.1 Å². The number of ether oxygens (including phenoxy) is 1. The summed E-state index contributed by atoms with van der Waals surface area (Å²) in [5, 5.41) is 11.9. The lowest BCUT2D eigenvalue weighted by molar-refractivity contribution is -0.0293. The molecule has 5 nitrogen and oxygen atoms in total. The molecule has 3 rings (SSSR count). The van der Waals surface area contributed by atoms with Gasteiger partial charge >= 0.3 is 0 Å². The Hall–Kier alpha value is -1.40. The maximum atomic E-state index is 5.17. The lowest BCUT2D eigenvalue weighted by atomic mass is 10.2. The average Bonchev–Trinajstić information content (AvgIpc) is 2.74. The van der Waals surface area contributed by atoms with Crippen LogP contribution in [0.2, 0.25) is 0 Å². The molecule has 20 heavy (non-hydrogen) atoms. The van der Waals surface area contributed by atoms with Gasteiger partial charge in [0.25, 0.3) is 0 Å². The number of nitrogens with one attached hydrogen (secondary N) is 1. The van der Waals surface area contributed by atoms with Crippen molar-refractivity contribution < 1.29 is 4.74 Å². The monoisotopic (exact) mass is 336 g/mol. The molecule has 1 fully saturated rings. The number of aryl methyl sites for hydroxylation is 1. The quantitative estimate of drug-likeness (QED) is 0.932. The molecule has 0 amide bonds. The van der Waals surface area contributed by atoms with Crippen molar-refractivity contribution in [3.05, 3.63) is 40.1 Å². The number of nitrogens with zero attached hydrogens (tertiary/aromatic N) is 3. The van der Waals surface area contributed by atoms with Gasteiger partial charge in [-0.15, -0.1) is 5.10 Å². The van der Waals surface area contributed by atoms with Crippen molar-refractivity contribution in [3.8, 4) is 0 Å². The highest BCUT2D eigenvalue weighted by Crippen LogP contribution is 2.24. The predicted octanol–water partition coefficient (Wildman–Crippen LogP) is 3.09. The van der Waals surface area contributed by atoms with Crippen molar-refractivity contribution in [2.45, 2.75) is 25.9 Å². The van der Waals surface area contributed by atoms with Crippen molar-refractivity contribution in [1.82, 2.24) is 15.0 Å². The van der Waals surface area contributed by atoms with Gasteiger partial charge in [0.2, 0.25) is 0 Å². The second-order valence-electron chi connectivity index (χ2n) is 5.20. The van der Waals surface area contributed by atoms with Gasteiger partial charge in [-0.3, -0.25) is 0 Å². The van der Waals surface area contributed by atoms with Gasteiger partial charge in [-0.2, -0.15) is 0 Å². The van der Waals surface area contributed by atoms with E-state index in [4.69, 9.17) is 4.74 Å². The molecule has 1 unspecified atom stereocenters. The third kappa shape index (κ3) is 2.86. The van der Waals surface area contributed by atoms with Crippen LogP contribution in [0.15, 0.2) is 28.9 Å². The molecule has 2 aromatic rings. The molecule has 1 atom stereocenters. The Labute approximate surface area is 126 Å². The van der Waals surface area contributed by atoms with Gasteiger partial charge < -0.3 is 10.1 Å². The Morgan fingerprint density at radius 2 is 2.20 bits per heavy atom. The molecular formula is C14H17BrN4O. The van der Waals surface area contributed by atoms with Crippen LogP contribution in [0.3, 0.4) is 0 Å². The molecule has 1 aliphatic rings. The molecule has 0 spiro atoms. The number of rotatable bonds is 4. The van der Waals surface area contributed by atoms with Gasteiger partial charge in [0.05, 0.1) is 25.5 Å². The van der Waals surface area contributed by atoms with Crippen LogP contribution in [-0.4, -0.2) is 28.2 Å². The summed E-state index contributed by atoms with van der Waals surface area (Å²) in [5.41, 5.74) is 3.23. The molecule has 0 saturated carbocycles. The molecule has 1 N–H and O–H groups in total. The number of aromatic nitrogens is 3. The number of hydrogen-bond acceptors (Lipinski definition) is 4. The molecule has 0 aliphatic carbocycles. The van der Waals surface area contributed by atoms with E-state index in [9.17, 15) is 0 Å². The molecule has 1 aromatic carbocycles. The molecule has 1 aliphatic heterocycles. The van der Waals surface area contributed by atoms with E-state index in [0.29, 0.717) is 6.04 Å². The Kier molecular flexibility index (Phi) is 3.76. The van der Waals surface area contributed by atoms with Crippen LogP contribution in [0.4, 0.5) is 5.69 Å². The van der Waals surface area contributed by atoms with Crippen molar-refractivity contribution in [3.63, 3.8) is 0 Å². The van der Waals surface area contributed by atoms with E-state index >= 15 is 0 Å². The topological polar surface area (TPSA) is 52.0 Å². The van der Waals surface area contributed by atoms with Gasteiger partial charge in [0, 0.05) is 10.2 Å². The zero-order valence-electron chi connectivity index (χ0n) is 11.5. The van der Waals surface area contributed by atoms with Crippen LogP contribution in [0.25, 0.3) is 0 Å². The minimum atomic E-state index is 0.110. The third-order valence-electron chi connectivity index (χ3n) is 3.39. The van der Waals surface area contributed by atoms with E-state index in [1.807, 2.05) is 10.9 Å². The second-order valence-corrected chi connectivity index (χ2v) is 6.11. The van der Waals surface area contributed by atoms with Crippen LogP contribution in [-0.2, 0) is 4.74 Å². The molecular weight excluding hydrogens is 320 g/mol. The number of hydrogen-bond donors (Lipinski definition) is 1. The van der Waals surface area contributed by atoms with Crippen LogP contribution < -0.4 is 5.32 Å². The lowest BCUT2D eigenvalue weighted by Crippen LogP contribution is -2.31. The lowest BCUT2D eigenvalue weighted by Gasteiger charge is -2.25. The highest BCUT2D eigenvalue weighted by Gasteiger charge is 2.22. The largest absolute Gasteiger partial charge is 0.377 e. The summed E-state index contributed by atoms with van der Waals surface area (Å²) in [6.45, 7) is 5.63. The Morgan fingerprint density at radius 1 is 1.40 bits per heavy atom. The van der Waals surface area contributed by atoms with E-state index in [1.165, 1.54) is 5.56 Å². The standard InChI is InChI=1S/C14H17BrN4O/c1-9-3-11(15)5-12(4-9)16-10(2)14-6-19(18-17-14)13-7-20-8-13/h3-6,10,13,16H,7-8H2,1-2H3. The summed E-state index contributed by atoms with van der Waals surface area (Å²) in [7, 11) is 0. The molecule has 106 valence electrons. The zero-order valence-corrected chi connectivity index (χ0v) is 13.1. The smallest absolute Gasteiger partial charge is 0.105 e. The van der Waals surface area contributed by atoms with Gasteiger partial charge in [0.1, 0.15) is 11.7 Å². The fourth-order valence-electron chi connectivity index (χ4n) is 2.19. The van der Waals surface area contributed by atoms with Gasteiger partial charge in [-0.05, 0) is 37.6 Å². The van der Waals surface area contributed by atoms with Crippen molar-refractivity contribution in [1.29, 1.82) is 0 Å². The summed E-state index contributed by atoms with van der Waals surface area (Å²) >= 11 is 3.51. The summed E-state index contributed by atoms with van der Waals surface area (Å²) in [6.07, 6.45) is 2.00. The molecule has 0 bridgehead atoms. The summed E-state index contributed by atoms with van der Waals surface area (Å²) < 4.78 is 8.14. The second kappa shape index (κ2) is 5.54. The maximum absolute atomic E-state index is 5.17. The van der Waals surface area contributed by atoms with E-state index < -0.39 is 0 Å². The van der Waals surface area contributed by atoms with Gasteiger partial charge in [0.15, 0.2) is 0 Å². The van der Waals surface area contributed by atoms with Crippen molar-refractivity contribution in [2.75, 3.05) is 18.5 Å². The number of anilines is 1. The normalized spacial score (nSPS) is 16.8. The molecule has 2 heterocycles. The van der Waals surface area contributed by atoms with E-state index in [-0.39, 0.29) is 6.04 Å². The number of benzene rings is 1. The van der Waals surface area contributed by atoms with E-state index in [1.54, 1.807) is 0 Å². The summed E-state index contributed by atoms with van der Waals surface area (Å²) in [6, 6.07) is 6.72. The van der Waals surface area contributed by atoms with Gasteiger partial charge in [-0.25, -0.2) is 4.68 Å². The van der Waals surface area contributed by atoms with Crippen LogP contribution in [0.1, 0.15) is 30.3 Å². The first-order chi connectivity index (χ1) is 9.61. The zero-order chi connectivity index (χ0) is 14.1. The molecule has 1 aromatic heterocycles. The predicted molar refractivity (Wildman–Crippen MR) is 80.8 cm³/mol. The SMILES string of the molecule is Cc1cc(Br)cc(NC(C)c2cn(C3COC3)nn2)c1. The fourth-order valence-corrected chi connectivity index (χ4v) is 2.79. The Bertz CT molecular complexity index is 589. The first kappa shape index (κ1) is 13.6. The van der Waals surface area contributed by atoms with Crippen LogP contribution in [0.5, 0.6) is 0 Å². The fraction of sp³-hybridized carbons (Fsp3) is 0.429. The minimum absolute atomic E-state index is 0.110. The molecule has 6 heteroatoms. The first-order valence-corrected chi connectivity index (χ1v) is 7.44. The van der Waals surface area contributed by atoms with Crippen molar-refractivity contribution >= 4 is 21.6 Å². The van der Waals surface area contributed by atoms with E-state index in [2.05, 4.69) is 63.6 Å².